The Morgan fingerprint density at radius 1 is 1.07 bits per heavy atom. The molecule has 0 bridgehead atoms. The van der Waals surface area contributed by atoms with Crippen LogP contribution in [-0.2, 0) is 9.59 Å². The number of aliphatic hydroxyl groups excluding tert-OH is 1. The molecule has 0 spiro atoms. The number of aromatic nitrogens is 2. The summed E-state index contributed by atoms with van der Waals surface area (Å²) in [7, 11) is 0. The van der Waals surface area contributed by atoms with E-state index in [0.29, 0.717) is 12.8 Å². The van der Waals surface area contributed by atoms with Gasteiger partial charge in [-0.25, -0.2) is 23.1 Å². The van der Waals surface area contributed by atoms with Crippen molar-refractivity contribution in [1.82, 2.24) is 15.3 Å². The predicted molar refractivity (Wildman–Crippen MR) is 142 cm³/mol. The zero-order valence-corrected chi connectivity index (χ0v) is 22.0. The molecular formula is C28H27ClF3N5O3. The molecule has 210 valence electrons. The van der Waals surface area contributed by atoms with E-state index in [4.69, 9.17) is 11.6 Å². The van der Waals surface area contributed by atoms with E-state index in [1.807, 2.05) is 0 Å². The third-order valence-electron chi connectivity index (χ3n) is 7.13. The quantitative estimate of drug-likeness (QED) is 0.427. The lowest BCUT2D eigenvalue weighted by molar-refractivity contribution is -0.133. The molecule has 2 aliphatic rings. The van der Waals surface area contributed by atoms with Crippen LogP contribution in [0, 0.1) is 5.82 Å². The van der Waals surface area contributed by atoms with Gasteiger partial charge in [-0.05, 0) is 49.6 Å². The van der Waals surface area contributed by atoms with E-state index in [1.54, 1.807) is 24.3 Å². The zero-order chi connectivity index (χ0) is 28.4. The van der Waals surface area contributed by atoms with Gasteiger partial charge in [0.2, 0.25) is 11.9 Å². The highest BCUT2D eigenvalue weighted by molar-refractivity contribution is 6.31. The smallest absolute Gasteiger partial charge is 0.252 e. The maximum absolute atomic E-state index is 14.5. The SMILES string of the molecule is O=C(NC1CC(F)(F)C1)C(c1ccccc1Cl)N(C(=O)[C@@H]1CCCC(O)N1c1ncccn1)c1cccc(F)c1. The van der Waals surface area contributed by atoms with Crippen molar-refractivity contribution in [3.8, 4) is 0 Å². The number of anilines is 2. The summed E-state index contributed by atoms with van der Waals surface area (Å²) in [4.78, 5) is 39.2. The Hall–Kier alpha value is -3.70. The molecule has 2 N–H and O–H groups in total. The van der Waals surface area contributed by atoms with Gasteiger partial charge in [-0.15, -0.1) is 0 Å². The van der Waals surface area contributed by atoms with Gasteiger partial charge in [0.25, 0.3) is 11.8 Å². The number of carbonyl (C=O) groups excluding carboxylic acids is 2. The summed E-state index contributed by atoms with van der Waals surface area (Å²) in [5, 5.41) is 13.7. The van der Waals surface area contributed by atoms with E-state index in [9.17, 15) is 27.9 Å². The number of piperidine rings is 1. The molecule has 2 unspecified atom stereocenters. The van der Waals surface area contributed by atoms with Crippen LogP contribution >= 0.6 is 11.6 Å². The minimum atomic E-state index is -2.88. The van der Waals surface area contributed by atoms with Crippen LogP contribution in [0.1, 0.15) is 43.7 Å². The molecule has 3 atom stereocenters. The maximum Gasteiger partial charge on any atom is 0.252 e. The number of rotatable bonds is 7. The van der Waals surface area contributed by atoms with Gasteiger partial charge in [0.05, 0.1) is 0 Å². The van der Waals surface area contributed by atoms with Crippen molar-refractivity contribution < 1.29 is 27.9 Å². The minimum absolute atomic E-state index is 0.0537. The Bertz CT molecular complexity index is 1370. The molecule has 1 saturated heterocycles. The molecule has 2 amide bonds. The molecule has 1 aromatic heterocycles. The number of hydrogen-bond donors (Lipinski definition) is 2. The van der Waals surface area contributed by atoms with E-state index in [2.05, 4.69) is 15.3 Å². The molecule has 40 heavy (non-hydrogen) atoms. The number of benzene rings is 2. The molecular weight excluding hydrogens is 547 g/mol. The van der Waals surface area contributed by atoms with E-state index in [-0.39, 0.29) is 28.6 Å². The first-order chi connectivity index (χ1) is 19.1. The highest BCUT2D eigenvalue weighted by atomic mass is 35.5. The third-order valence-corrected chi connectivity index (χ3v) is 7.48. The molecule has 1 aliphatic carbocycles. The molecule has 1 saturated carbocycles. The molecule has 2 heterocycles. The Balaban J connectivity index is 1.61. The average molecular weight is 574 g/mol. The Labute approximate surface area is 233 Å². The largest absolute Gasteiger partial charge is 0.373 e. The van der Waals surface area contributed by atoms with Crippen molar-refractivity contribution >= 4 is 35.1 Å². The Morgan fingerprint density at radius 3 is 2.48 bits per heavy atom. The van der Waals surface area contributed by atoms with Crippen LogP contribution in [0.25, 0.3) is 0 Å². The number of nitrogens with zero attached hydrogens (tertiary/aromatic N) is 4. The monoisotopic (exact) mass is 573 g/mol. The second-order valence-corrected chi connectivity index (χ2v) is 10.4. The zero-order valence-electron chi connectivity index (χ0n) is 21.3. The Kier molecular flexibility index (Phi) is 7.95. The highest BCUT2D eigenvalue weighted by Gasteiger charge is 2.48. The van der Waals surface area contributed by atoms with Crippen LogP contribution in [0.4, 0.5) is 24.8 Å². The van der Waals surface area contributed by atoms with Crippen molar-refractivity contribution in [1.29, 1.82) is 0 Å². The van der Waals surface area contributed by atoms with Crippen LogP contribution in [0.5, 0.6) is 0 Å². The van der Waals surface area contributed by atoms with Gasteiger partial charge in [-0.1, -0.05) is 35.9 Å². The lowest BCUT2D eigenvalue weighted by atomic mass is 9.87. The minimum Gasteiger partial charge on any atom is -0.373 e. The normalized spacial score (nSPS) is 21.3. The first-order valence-electron chi connectivity index (χ1n) is 12.9. The van der Waals surface area contributed by atoms with Crippen molar-refractivity contribution in [3.63, 3.8) is 0 Å². The molecule has 3 aromatic rings. The van der Waals surface area contributed by atoms with Crippen molar-refractivity contribution in [2.24, 2.45) is 0 Å². The first-order valence-corrected chi connectivity index (χ1v) is 13.3. The van der Waals surface area contributed by atoms with Gasteiger partial charge in [0.15, 0.2) is 0 Å². The van der Waals surface area contributed by atoms with Crippen LogP contribution in [0.2, 0.25) is 5.02 Å². The van der Waals surface area contributed by atoms with Crippen LogP contribution in [-0.4, -0.2) is 51.1 Å². The van der Waals surface area contributed by atoms with Gasteiger partial charge >= 0.3 is 0 Å². The first kappa shape index (κ1) is 27.9. The Morgan fingerprint density at radius 2 is 1.80 bits per heavy atom. The van der Waals surface area contributed by atoms with Gasteiger partial charge in [0, 0.05) is 47.6 Å². The summed E-state index contributed by atoms with van der Waals surface area (Å²) < 4.78 is 41.7. The van der Waals surface area contributed by atoms with Gasteiger partial charge in [-0.2, -0.15) is 0 Å². The highest BCUT2D eigenvalue weighted by Crippen LogP contribution is 2.39. The van der Waals surface area contributed by atoms with Crippen molar-refractivity contribution in [3.05, 3.63) is 83.4 Å². The summed E-state index contributed by atoms with van der Waals surface area (Å²) in [5.41, 5.74) is 0.280. The summed E-state index contributed by atoms with van der Waals surface area (Å²) in [6.07, 6.45) is 1.92. The fourth-order valence-corrected chi connectivity index (χ4v) is 5.49. The number of carbonyl (C=O) groups is 2. The molecule has 5 rings (SSSR count). The summed E-state index contributed by atoms with van der Waals surface area (Å²) in [5.74, 6) is -4.81. The summed E-state index contributed by atoms with van der Waals surface area (Å²) in [6.45, 7) is 0. The molecule has 2 fully saturated rings. The lowest BCUT2D eigenvalue weighted by Gasteiger charge is -2.43. The van der Waals surface area contributed by atoms with Crippen LogP contribution < -0.4 is 15.1 Å². The van der Waals surface area contributed by atoms with E-state index >= 15 is 0 Å². The predicted octanol–water partition coefficient (Wildman–Crippen LogP) is 4.63. The van der Waals surface area contributed by atoms with Crippen LogP contribution in [0.3, 0.4) is 0 Å². The number of hydrogen-bond acceptors (Lipinski definition) is 6. The summed E-state index contributed by atoms with van der Waals surface area (Å²) in [6, 6.07) is 9.86. The molecule has 2 aromatic carbocycles. The second-order valence-electron chi connectivity index (χ2n) is 9.97. The second kappa shape index (κ2) is 11.4. The van der Waals surface area contributed by atoms with E-state index < -0.39 is 60.7 Å². The molecule has 0 radical (unpaired) electrons. The van der Waals surface area contributed by atoms with Crippen LogP contribution in [0.15, 0.2) is 67.0 Å². The number of halogens is 4. The number of alkyl halides is 2. The fourth-order valence-electron chi connectivity index (χ4n) is 5.25. The molecule has 12 heteroatoms. The topological polar surface area (TPSA) is 98.7 Å². The van der Waals surface area contributed by atoms with E-state index in [0.717, 1.165) is 11.0 Å². The number of aliphatic hydroxyl groups is 1. The molecule has 1 aliphatic heterocycles. The lowest BCUT2D eigenvalue weighted by Crippen LogP contribution is -2.59. The third kappa shape index (κ3) is 5.75. The number of nitrogens with one attached hydrogen (secondary N) is 1. The van der Waals surface area contributed by atoms with E-state index in [1.165, 1.54) is 41.6 Å². The average Bonchev–Trinajstić information content (AvgIpc) is 2.91. The fraction of sp³-hybridized carbons (Fsp3) is 0.357. The van der Waals surface area contributed by atoms with Crippen molar-refractivity contribution in [2.45, 2.75) is 62.4 Å². The summed E-state index contributed by atoms with van der Waals surface area (Å²) >= 11 is 6.51. The maximum atomic E-state index is 14.5. The van der Waals surface area contributed by atoms with Gasteiger partial charge in [0.1, 0.15) is 24.1 Å². The standard InChI is InChI=1S/C28H27ClF3N5O3/c29-21-9-2-1-8-20(21)24(25(39)35-18-15-28(31,32)16-18)36(19-7-3-6-17(30)14-19)26(40)22-10-4-11-23(38)37(22)27-33-12-5-13-34-27/h1-3,5-9,12-14,18,22-24,38H,4,10-11,15-16H2,(H,35,39)/t22-,23?,24?/m0/s1. The van der Waals surface area contributed by atoms with Gasteiger partial charge < -0.3 is 15.3 Å². The molecule has 8 nitrogen and oxygen atoms in total. The van der Waals surface area contributed by atoms with Crippen molar-refractivity contribution in [2.75, 3.05) is 9.80 Å². The number of amides is 2. The van der Waals surface area contributed by atoms with Gasteiger partial charge in [-0.3, -0.25) is 14.5 Å².